The van der Waals surface area contributed by atoms with E-state index in [0.29, 0.717) is 11.8 Å². The third kappa shape index (κ3) is 4.13. The quantitative estimate of drug-likeness (QED) is 0.568. The van der Waals surface area contributed by atoms with Crippen molar-refractivity contribution in [3.63, 3.8) is 0 Å². The number of rotatable bonds is 9. The van der Waals surface area contributed by atoms with Gasteiger partial charge in [-0.25, -0.2) is 0 Å². The van der Waals surface area contributed by atoms with Gasteiger partial charge in [0.1, 0.15) is 5.75 Å². The molecule has 1 aromatic rings. The highest BCUT2D eigenvalue weighted by Gasteiger charge is 2.43. The van der Waals surface area contributed by atoms with Crippen molar-refractivity contribution >= 4 is 5.97 Å². The Balaban J connectivity index is 1.68. The predicted octanol–water partition coefficient (Wildman–Crippen LogP) is 5.81. The molecule has 142 valence electrons. The van der Waals surface area contributed by atoms with E-state index in [4.69, 9.17) is 4.74 Å². The molecule has 2 fully saturated rings. The van der Waals surface area contributed by atoms with Crippen molar-refractivity contribution in [3.05, 3.63) is 42.0 Å². The summed E-state index contributed by atoms with van der Waals surface area (Å²) in [7, 11) is 1.65. The number of allylic oxidation sites excluding steroid dienone is 2. The second-order valence-electron chi connectivity index (χ2n) is 8.29. The molecule has 2 aliphatic carbocycles. The molecular formula is C23H32O3. The summed E-state index contributed by atoms with van der Waals surface area (Å²) >= 11 is 0. The summed E-state index contributed by atoms with van der Waals surface area (Å²) in [5.41, 5.74) is 1.65. The summed E-state index contributed by atoms with van der Waals surface area (Å²) in [5.74, 6) is 0.745. The van der Waals surface area contributed by atoms with Crippen LogP contribution in [0.1, 0.15) is 69.8 Å². The zero-order chi connectivity index (χ0) is 18.6. The van der Waals surface area contributed by atoms with E-state index in [1.165, 1.54) is 38.5 Å². The average Bonchev–Trinajstić information content (AvgIpc) is 3.25. The Morgan fingerprint density at radius 2 is 1.96 bits per heavy atom. The molecular weight excluding hydrogens is 324 g/mol. The Bertz CT molecular complexity index is 623. The fourth-order valence-corrected chi connectivity index (χ4v) is 5.19. The van der Waals surface area contributed by atoms with Crippen LogP contribution in [0.3, 0.4) is 0 Å². The Kier molecular flexibility index (Phi) is 6.05. The van der Waals surface area contributed by atoms with Gasteiger partial charge in [0, 0.05) is 5.92 Å². The number of ether oxygens (including phenoxy) is 1. The van der Waals surface area contributed by atoms with Crippen LogP contribution >= 0.6 is 0 Å². The molecule has 2 aliphatic rings. The third-order valence-electron chi connectivity index (χ3n) is 6.78. The van der Waals surface area contributed by atoms with E-state index in [1.807, 2.05) is 31.2 Å². The van der Waals surface area contributed by atoms with Crippen molar-refractivity contribution in [2.45, 2.75) is 64.2 Å². The molecule has 1 aromatic carbocycles. The van der Waals surface area contributed by atoms with Crippen LogP contribution in [0, 0.1) is 17.3 Å². The van der Waals surface area contributed by atoms with Gasteiger partial charge in [-0.3, -0.25) is 4.79 Å². The summed E-state index contributed by atoms with van der Waals surface area (Å²) in [6, 6.07) is 7.88. The molecule has 0 amide bonds. The summed E-state index contributed by atoms with van der Waals surface area (Å²) in [6.07, 6.45) is 14.2. The molecule has 0 saturated heterocycles. The standard InChI is InChI=1S/C23H32O3/c1-3-20(22(24)25)21(18-7-9-19(26-2)10-8-18)6-4-5-13-23-14-11-17(16-23)12-15-23/h4-5,7-10,17,20-21H,3,6,11-16H2,1-2H3,(H,24,25). The van der Waals surface area contributed by atoms with E-state index in [9.17, 15) is 9.90 Å². The lowest BCUT2D eigenvalue weighted by atomic mass is 9.80. The summed E-state index contributed by atoms with van der Waals surface area (Å²) in [5, 5.41) is 9.67. The van der Waals surface area contributed by atoms with Crippen LogP contribution in [0.15, 0.2) is 36.4 Å². The number of benzene rings is 1. The van der Waals surface area contributed by atoms with Crippen LogP contribution in [0.25, 0.3) is 0 Å². The molecule has 0 spiro atoms. The summed E-state index contributed by atoms with van der Waals surface area (Å²) in [6.45, 7) is 1.97. The van der Waals surface area contributed by atoms with Crippen molar-refractivity contribution in [2.75, 3.05) is 7.11 Å². The number of carbonyl (C=O) groups is 1. The van der Waals surface area contributed by atoms with Gasteiger partial charge in [0.15, 0.2) is 0 Å². The lowest BCUT2D eigenvalue weighted by molar-refractivity contribution is -0.142. The Morgan fingerprint density at radius 1 is 1.27 bits per heavy atom. The van der Waals surface area contributed by atoms with Gasteiger partial charge in [-0.2, -0.15) is 0 Å². The van der Waals surface area contributed by atoms with Crippen LogP contribution in [0.5, 0.6) is 5.75 Å². The van der Waals surface area contributed by atoms with Gasteiger partial charge in [-0.05, 0) is 80.4 Å². The largest absolute Gasteiger partial charge is 0.497 e. The number of carboxylic acids is 1. The Labute approximate surface area is 157 Å². The van der Waals surface area contributed by atoms with E-state index < -0.39 is 5.97 Å². The second-order valence-corrected chi connectivity index (χ2v) is 8.29. The molecule has 2 unspecified atom stereocenters. The maximum absolute atomic E-state index is 11.8. The zero-order valence-electron chi connectivity index (χ0n) is 16.1. The van der Waals surface area contributed by atoms with Crippen LogP contribution < -0.4 is 4.74 Å². The maximum Gasteiger partial charge on any atom is 0.307 e. The van der Waals surface area contributed by atoms with Crippen molar-refractivity contribution in [1.82, 2.24) is 0 Å². The molecule has 26 heavy (non-hydrogen) atoms. The number of methoxy groups -OCH3 is 1. The van der Waals surface area contributed by atoms with Crippen molar-refractivity contribution in [1.29, 1.82) is 0 Å². The highest BCUT2D eigenvalue weighted by atomic mass is 16.5. The minimum Gasteiger partial charge on any atom is -0.497 e. The van der Waals surface area contributed by atoms with Gasteiger partial charge < -0.3 is 9.84 Å². The van der Waals surface area contributed by atoms with Crippen LogP contribution in [0.2, 0.25) is 0 Å². The Hall–Kier alpha value is -1.77. The number of aliphatic carboxylic acids is 1. The minimum absolute atomic E-state index is 0.0112. The molecule has 0 radical (unpaired) electrons. The third-order valence-corrected chi connectivity index (χ3v) is 6.78. The van der Waals surface area contributed by atoms with E-state index in [-0.39, 0.29) is 11.8 Å². The first-order valence-corrected chi connectivity index (χ1v) is 10.1. The van der Waals surface area contributed by atoms with Gasteiger partial charge >= 0.3 is 5.97 Å². The maximum atomic E-state index is 11.8. The van der Waals surface area contributed by atoms with Gasteiger partial charge in [0.2, 0.25) is 0 Å². The number of fused-ring (bicyclic) bond motifs is 2. The number of hydrogen-bond acceptors (Lipinski definition) is 2. The average molecular weight is 357 g/mol. The molecule has 0 aromatic heterocycles. The fraction of sp³-hybridized carbons (Fsp3) is 0.609. The molecule has 1 N–H and O–H groups in total. The van der Waals surface area contributed by atoms with E-state index in [2.05, 4.69) is 12.2 Å². The molecule has 3 heteroatoms. The number of hydrogen-bond donors (Lipinski definition) is 1. The SMILES string of the molecule is CCC(C(=O)O)C(CC=CCC12CCC(CC1)C2)c1ccc(OC)cc1. The zero-order valence-corrected chi connectivity index (χ0v) is 16.1. The van der Waals surface area contributed by atoms with E-state index >= 15 is 0 Å². The van der Waals surface area contributed by atoms with E-state index in [1.54, 1.807) is 7.11 Å². The van der Waals surface area contributed by atoms with Crippen molar-refractivity contribution in [3.8, 4) is 5.75 Å². The number of carboxylic acid groups (broad SMARTS) is 1. The predicted molar refractivity (Wildman–Crippen MR) is 105 cm³/mol. The molecule has 3 rings (SSSR count). The van der Waals surface area contributed by atoms with Gasteiger partial charge in [-0.1, -0.05) is 31.2 Å². The van der Waals surface area contributed by atoms with E-state index in [0.717, 1.165) is 23.7 Å². The lowest BCUT2D eigenvalue weighted by Gasteiger charge is -2.25. The minimum atomic E-state index is -0.699. The molecule has 3 nitrogen and oxygen atoms in total. The highest BCUT2D eigenvalue weighted by molar-refractivity contribution is 5.71. The molecule has 0 aliphatic heterocycles. The monoisotopic (exact) mass is 356 g/mol. The first kappa shape index (κ1) is 19.0. The normalized spacial score (nSPS) is 26.9. The smallest absolute Gasteiger partial charge is 0.307 e. The molecule has 2 atom stereocenters. The summed E-state index contributed by atoms with van der Waals surface area (Å²) < 4.78 is 5.24. The van der Waals surface area contributed by atoms with Gasteiger partial charge in [0.25, 0.3) is 0 Å². The van der Waals surface area contributed by atoms with Crippen LogP contribution in [-0.4, -0.2) is 18.2 Å². The van der Waals surface area contributed by atoms with Crippen LogP contribution in [-0.2, 0) is 4.79 Å². The molecule has 2 saturated carbocycles. The molecule has 0 heterocycles. The second kappa shape index (κ2) is 8.28. The van der Waals surface area contributed by atoms with Gasteiger partial charge in [-0.15, -0.1) is 0 Å². The topological polar surface area (TPSA) is 46.5 Å². The Morgan fingerprint density at radius 3 is 2.46 bits per heavy atom. The lowest BCUT2D eigenvalue weighted by Crippen LogP contribution is -2.21. The van der Waals surface area contributed by atoms with Crippen molar-refractivity contribution < 1.29 is 14.6 Å². The first-order valence-electron chi connectivity index (χ1n) is 10.1. The molecule has 2 bridgehead atoms. The summed E-state index contributed by atoms with van der Waals surface area (Å²) in [4.78, 5) is 11.8. The fourth-order valence-electron chi connectivity index (χ4n) is 5.19. The first-order chi connectivity index (χ1) is 12.6. The van der Waals surface area contributed by atoms with Crippen molar-refractivity contribution in [2.24, 2.45) is 17.3 Å². The van der Waals surface area contributed by atoms with Gasteiger partial charge in [0.05, 0.1) is 13.0 Å². The van der Waals surface area contributed by atoms with Crippen LogP contribution in [0.4, 0.5) is 0 Å². The highest BCUT2D eigenvalue weighted by Crippen LogP contribution is 2.56.